The van der Waals surface area contributed by atoms with Crippen molar-refractivity contribution in [1.82, 2.24) is 0 Å². The minimum absolute atomic E-state index is 0.678. The van der Waals surface area contributed by atoms with E-state index in [1.807, 2.05) is 30.3 Å². The smallest absolute Gasteiger partial charge is 0.222 e. The van der Waals surface area contributed by atoms with Crippen LogP contribution in [0.5, 0.6) is 5.75 Å². The van der Waals surface area contributed by atoms with Gasteiger partial charge in [-0.15, -0.1) is 0 Å². The van der Waals surface area contributed by atoms with Crippen LogP contribution in [0.1, 0.15) is 11.1 Å². The summed E-state index contributed by atoms with van der Waals surface area (Å²) in [5.41, 5.74) is 2.43. The topological polar surface area (TPSA) is 13.7 Å². The van der Waals surface area contributed by atoms with Crippen molar-refractivity contribution in [3.8, 4) is 5.75 Å². The lowest BCUT2D eigenvalue weighted by molar-refractivity contribution is -0.945. The van der Waals surface area contributed by atoms with Crippen LogP contribution in [0.3, 0.4) is 0 Å². The number of benzene rings is 2. The number of hydrogen-bond acceptors (Lipinski definition) is 1. The van der Waals surface area contributed by atoms with E-state index in [-0.39, 0.29) is 0 Å². The lowest BCUT2D eigenvalue weighted by atomic mass is 10.1. The van der Waals surface area contributed by atoms with Crippen LogP contribution in [0.15, 0.2) is 42.5 Å². The molecule has 1 unspecified atom stereocenters. The summed E-state index contributed by atoms with van der Waals surface area (Å²) in [6.07, 6.45) is 0. The molecule has 1 atom stereocenters. The largest absolute Gasteiger partial charge is 0.445 e. The molecule has 2 aromatic rings. The molecule has 4 heteroatoms. The predicted octanol–water partition coefficient (Wildman–Crippen LogP) is 2.93. The van der Waals surface area contributed by atoms with Crippen LogP contribution in [0.2, 0.25) is 10.0 Å². The van der Waals surface area contributed by atoms with Crippen LogP contribution in [0, 0.1) is 0 Å². The second-order valence-electron chi connectivity index (χ2n) is 4.77. The maximum absolute atomic E-state index is 6.02. The summed E-state index contributed by atoms with van der Waals surface area (Å²) in [5, 5.41) is 1.53. The highest BCUT2D eigenvalue weighted by Gasteiger charge is 2.20. The fraction of sp³-hybridized carbons (Fsp3) is 0.200. The first-order chi connectivity index (χ1) is 9.20. The molecule has 1 aliphatic heterocycles. The summed E-state index contributed by atoms with van der Waals surface area (Å²) in [5.74, 6) is 0.948. The van der Waals surface area contributed by atoms with Crippen LogP contribution in [-0.4, -0.2) is 6.73 Å². The van der Waals surface area contributed by atoms with E-state index in [9.17, 15) is 0 Å². The Hall–Kier alpha value is -1.22. The zero-order chi connectivity index (χ0) is 13.2. The van der Waals surface area contributed by atoms with Gasteiger partial charge in [0.1, 0.15) is 18.8 Å². The van der Waals surface area contributed by atoms with Crippen LogP contribution in [0.4, 0.5) is 0 Å². The summed E-state index contributed by atoms with van der Waals surface area (Å²) < 4.78 is 5.77. The second-order valence-corrected chi connectivity index (χ2v) is 5.64. The molecule has 3 rings (SSSR count). The van der Waals surface area contributed by atoms with Crippen molar-refractivity contribution < 1.29 is 9.64 Å². The van der Waals surface area contributed by atoms with Gasteiger partial charge in [0.15, 0.2) is 0 Å². The van der Waals surface area contributed by atoms with Crippen molar-refractivity contribution in [2.75, 3.05) is 6.73 Å². The quantitative estimate of drug-likeness (QED) is 0.899. The van der Waals surface area contributed by atoms with E-state index in [4.69, 9.17) is 27.9 Å². The Balaban J connectivity index is 1.73. The number of ether oxygens (including phenoxy) is 1. The lowest BCUT2D eigenvalue weighted by Crippen LogP contribution is -3.10. The monoisotopic (exact) mass is 294 g/mol. The first-order valence-electron chi connectivity index (χ1n) is 6.20. The Morgan fingerprint density at radius 1 is 1.00 bits per heavy atom. The van der Waals surface area contributed by atoms with Gasteiger partial charge < -0.3 is 4.74 Å². The fourth-order valence-electron chi connectivity index (χ4n) is 2.33. The first-order valence-corrected chi connectivity index (χ1v) is 6.95. The maximum Gasteiger partial charge on any atom is 0.222 e. The van der Waals surface area contributed by atoms with Gasteiger partial charge in [-0.1, -0.05) is 35.3 Å². The van der Waals surface area contributed by atoms with Crippen molar-refractivity contribution in [2.45, 2.75) is 13.1 Å². The number of fused-ring (bicyclic) bond motifs is 1. The van der Waals surface area contributed by atoms with Gasteiger partial charge in [-0.3, -0.25) is 4.90 Å². The van der Waals surface area contributed by atoms with Crippen LogP contribution in [0.25, 0.3) is 0 Å². The predicted molar refractivity (Wildman–Crippen MR) is 76.8 cm³/mol. The van der Waals surface area contributed by atoms with Crippen molar-refractivity contribution in [3.63, 3.8) is 0 Å². The summed E-state index contributed by atoms with van der Waals surface area (Å²) in [4.78, 5) is 1.36. The maximum atomic E-state index is 6.02. The molecule has 0 saturated carbocycles. The van der Waals surface area contributed by atoms with Crippen molar-refractivity contribution in [2.24, 2.45) is 0 Å². The van der Waals surface area contributed by atoms with E-state index < -0.39 is 0 Å². The summed E-state index contributed by atoms with van der Waals surface area (Å²) in [6, 6.07) is 13.8. The van der Waals surface area contributed by atoms with Crippen molar-refractivity contribution in [3.05, 3.63) is 63.6 Å². The Kier molecular flexibility index (Phi) is 3.65. The van der Waals surface area contributed by atoms with Gasteiger partial charge in [0.2, 0.25) is 6.73 Å². The first kappa shape index (κ1) is 12.8. The van der Waals surface area contributed by atoms with Crippen molar-refractivity contribution in [1.29, 1.82) is 0 Å². The zero-order valence-electron chi connectivity index (χ0n) is 10.3. The molecule has 0 amide bonds. The van der Waals surface area contributed by atoms with Gasteiger partial charge in [-0.25, -0.2) is 0 Å². The number of quaternary nitrogens is 1. The number of halogens is 2. The number of hydrogen-bond donors (Lipinski definition) is 1. The standard InChI is InChI=1S/C15H13Cl2NO/c16-13-3-1-11(2-4-13)8-18-9-12-7-14(17)5-6-15(12)19-10-18/h1-7H,8-10H2/p+1. The molecule has 2 nitrogen and oxygen atoms in total. The van der Waals surface area contributed by atoms with Gasteiger partial charge in [-0.05, 0) is 30.3 Å². The molecule has 1 N–H and O–H groups in total. The molecule has 1 heterocycles. The highest BCUT2D eigenvalue weighted by molar-refractivity contribution is 6.30. The molecule has 1 aliphatic rings. The third-order valence-corrected chi connectivity index (χ3v) is 3.75. The van der Waals surface area contributed by atoms with E-state index in [0.717, 1.165) is 28.9 Å². The second kappa shape index (κ2) is 5.41. The lowest BCUT2D eigenvalue weighted by Gasteiger charge is -2.26. The summed E-state index contributed by atoms with van der Waals surface area (Å²) >= 11 is 11.9. The molecule has 0 radical (unpaired) electrons. The summed E-state index contributed by atoms with van der Waals surface area (Å²) in [6.45, 7) is 2.53. The third-order valence-electron chi connectivity index (χ3n) is 3.26. The molecular weight excluding hydrogens is 281 g/mol. The van der Waals surface area contributed by atoms with E-state index in [1.54, 1.807) is 0 Å². The molecular formula is C15H14Cl2NO+. The van der Waals surface area contributed by atoms with Gasteiger partial charge >= 0.3 is 0 Å². The Morgan fingerprint density at radius 2 is 1.74 bits per heavy atom. The Labute approximate surface area is 122 Å². The van der Waals surface area contributed by atoms with Gasteiger partial charge in [-0.2, -0.15) is 0 Å². The van der Waals surface area contributed by atoms with Gasteiger partial charge in [0, 0.05) is 15.6 Å². The van der Waals surface area contributed by atoms with Crippen LogP contribution < -0.4 is 9.64 Å². The van der Waals surface area contributed by atoms with Crippen LogP contribution >= 0.6 is 23.2 Å². The van der Waals surface area contributed by atoms with E-state index in [1.165, 1.54) is 16.0 Å². The average molecular weight is 295 g/mol. The van der Waals surface area contributed by atoms with Gasteiger partial charge in [0.05, 0.1) is 5.56 Å². The molecule has 0 spiro atoms. The molecule has 19 heavy (non-hydrogen) atoms. The number of rotatable bonds is 2. The SMILES string of the molecule is Clc1ccc(C[NH+]2COc3ccc(Cl)cc3C2)cc1. The Morgan fingerprint density at radius 3 is 2.53 bits per heavy atom. The molecule has 0 fully saturated rings. The minimum atomic E-state index is 0.678. The van der Waals surface area contributed by atoms with Crippen LogP contribution in [-0.2, 0) is 13.1 Å². The highest BCUT2D eigenvalue weighted by atomic mass is 35.5. The van der Waals surface area contributed by atoms with Gasteiger partial charge in [0.25, 0.3) is 0 Å². The third kappa shape index (κ3) is 3.03. The molecule has 2 aromatic carbocycles. The van der Waals surface area contributed by atoms with E-state index in [2.05, 4.69) is 12.1 Å². The van der Waals surface area contributed by atoms with Crippen molar-refractivity contribution >= 4 is 23.2 Å². The van der Waals surface area contributed by atoms with E-state index in [0.29, 0.717) is 6.73 Å². The molecule has 98 valence electrons. The molecule has 0 saturated heterocycles. The molecule has 0 bridgehead atoms. The van der Waals surface area contributed by atoms with E-state index >= 15 is 0 Å². The Bertz CT molecular complexity index is 583. The summed E-state index contributed by atoms with van der Waals surface area (Å²) in [7, 11) is 0. The highest BCUT2D eigenvalue weighted by Crippen LogP contribution is 2.23. The number of nitrogens with one attached hydrogen (secondary N) is 1. The average Bonchev–Trinajstić information content (AvgIpc) is 2.41. The molecule has 0 aliphatic carbocycles. The minimum Gasteiger partial charge on any atom is -0.445 e. The zero-order valence-corrected chi connectivity index (χ0v) is 11.8. The normalized spacial score (nSPS) is 17.7. The fourth-order valence-corrected chi connectivity index (χ4v) is 2.65. The molecule has 0 aromatic heterocycles.